The van der Waals surface area contributed by atoms with Gasteiger partial charge in [-0.15, -0.1) is 0 Å². The maximum absolute atomic E-state index is 13.5. The molecule has 3 aromatic rings. The predicted molar refractivity (Wildman–Crippen MR) is 130 cm³/mol. The van der Waals surface area contributed by atoms with Crippen LogP contribution in [0, 0.1) is 0 Å². The fourth-order valence-corrected chi connectivity index (χ4v) is 4.05. The van der Waals surface area contributed by atoms with Crippen LogP contribution in [-0.4, -0.2) is 42.4 Å². The summed E-state index contributed by atoms with van der Waals surface area (Å²) >= 11 is 0. The van der Waals surface area contributed by atoms with Gasteiger partial charge in [0.2, 0.25) is 17.7 Å². The van der Waals surface area contributed by atoms with E-state index < -0.39 is 11.8 Å². The highest BCUT2D eigenvalue weighted by Crippen LogP contribution is 2.37. The van der Waals surface area contributed by atoms with E-state index in [-0.39, 0.29) is 24.9 Å². The van der Waals surface area contributed by atoms with Gasteiger partial charge < -0.3 is 14.5 Å². The van der Waals surface area contributed by atoms with Gasteiger partial charge in [0, 0.05) is 17.9 Å². The lowest BCUT2D eigenvalue weighted by Crippen LogP contribution is -2.46. The van der Waals surface area contributed by atoms with E-state index >= 15 is 0 Å². The second-order valence-corrected chi connectivity index (χ2v) is 8.12. The molecule has 8 nitrogen and oxygen atoms in total. The Morgan fingerprint density at radius 3 is 2.26 bits per heavy atom. The number of methoxy groups -OCH3 is 1. The Morgan fingerprint density at radius 1 is 0.971 bits per heavy atom. The van der Waals surface area contributed by atoms with Gasteiger partial charge >= 0.3 is 0 Å². The highest BCUT2D eigenvalue weighted by molar-refractivity contribution is 6.19. The van der Waals surface area contributed by atoms with Crippen LogP contribution in [-0.2, 0) is 14.4 Å². The molecule has 2 heterocycles. The number of amides is 3. The van der Waals surface area contributed by atoms with Gasteiger partial charge in [0.25, 0.3) is 0 Å². The highest BCUT2D eigenvalue weighted by atomic mass is 16.5. The second kappa shape index (κ2) is 9.74. The third-order valence-electron chi connectivity index (χ3n) is 5.57. The minimum Gasteiger partial charge on any atom is -0.497 e. The first-order valence-electron chi connectivity index (χ1n) is 11.0. The number of benzene rings is 2. The summed E-state index contributed by atoms with van der Waals surface area (Å²) in [7, 11) is 1.58. The lowest BCUT2D eigenvalue weighted by atomic mass is 10.2. The molecule has 34 heavy (non-hydrogen) atoms. The van der Waals surface area contributed by atoms with Crippen molar-refractivity contribution in [2.24, 2.45) is 0 Å². The number of para-hydroxylation sites is 2. The number of pyridine rings is 1. The molecular formula is C26H26N4O4. The number of ether oxygens (including phenoxy) is 1. The topological polar surface area (TPSA) is 83.0 Å². The van der Waals surface area contributed by atoms with Crippen LogP contribution in [0.1, 0.15) is 20.3 Å². The Morgan fingerprint density at radius 2 is 1.65 bits per heavy atom. The minimum absolute atomic E-state index is 0.148. The van der Waals surface area contributed by atoms with Gasteiger partial charge in [-0.25, -0.2) is 4.98 Å². The van der Waals surface area contributed by atoms with E-state index in [4.69, 9.17) is 4.74 Å². The van der Waals surface area contributed by atoms with E-state index in [2.05, 4.69) is 4.98 Å². The Balaban J connectivity index is 1.70. The summed E-state index contributed by atoms with van der Waals surface area (Å²) in [6.07, 6.45) is 1.22. The maximum atomic E-state index is 13.5. The summed E-state index contributed by atoms with van der Waals surface area (Å²) in [5, 5.41) is 0. The summed E-state index contributed by atoms with van der Waals surface area (Å²) < 4.78 is 5.22. The number of nitrogens with zero attached hydrogens (tertiary/aromatic N) is 4. The zero-order valence-electron chi connectivity index (χ0n) is 19.3. The Labute approximate surface area is 198 Å². The number of carbonyl (C=O) groups is 3. The zero-order valence-corrected chi connectivity index (χ0v) is 19.3. The molecule has 0 spiro atoms. The highest BCUT2D eigenvalue weighted by Gasteiger charge is 2.35. The molecule has 0 fully saturated rings. The molecule has 1 aliphatic rings. The molecule has 0 saturated carbocycles. The lowest BCUT2D eigenvalue weighted by Gasteiger charge is -2.30. The molecule has 0 radical (unpaired) electrons. The average molecular weight is 459 g/mol. The van der Waals surface area contributed by atoms with Crippen molar-refractivity contribution in [3.8, 4) is 5.75 Å². The molecule has 0 atom stereocenters. The maximum Gasteiger partial charge on any atom is 0.247 e. The molecule has 8 heteroatoms. The van der Waals surface area contributed by atoms with Crippen molar-refractivity contribution in [3.05, 3.63) is 72.9 Å². The average Bonchev–Trinajstić information content (AvgIpc) is 2.93. The van der Waals surface area contributed by atoms with Crippen LogP contribution in [0.5, 0.6) is 5.75 Å². The monoisotopic (exact) mass is 458 g/mol. The smallest absolute Gasteiger partial charge is 0.247 e. The van der Waals surface area contributed by atoms with Crippen LogP contribution in [0.3, 0.4) is 0 Å². The quantitative estimate of drug-likeness (QED) is 0.523. The van der Waals surface area contributed by atoms with E-state index in [1.807, 2.05) is 13.8 Å². The Kier molecular flexibility index (Phi) is 6.58. The van der Waals surface area contributed by atoms with Crippen LogP contribution in [0.25, 0.3) is 0 Å². The molecular weight excluding hydrogens is 432 g/mol. The number of rotatable bonds is 6. The van der Waals surface area contributed by atoms with Gasteiger partial charge in [-0.1, -0.05) is 18.2 Å². The van der Waals surface area contributed by atoms with Gasteiger partial charge in [0.05, 0.1) is 18.5 Å². The van der Waals surface area contributed by atoms with E-state index in [1.54, 1.807) is 84.9 Å². The first-order valence-corrected chi connectivity index (χ1v) is 11.0. The molecule has 0 aliphatic carbocycles. The van der Waals surface area contributed by atoms with Crippen LogP contribution in [0.4, 0.5) is 22.9 Å². The standard InChI is InChI=1S/C26H26N4O4/c1-18(2)29(19-11-13-20(34-3)14-12-19)26(33)17-28-21-8-4-5-9-22(21)30(25(32)16-24(28)31)23-10-6-7-15-27-23/h4-15,18H,16-17H2,1-3H3. The van der Waals surface area contributed by atoms with Crippen LogP contribution in [0.15, 0.2) is 72.9 Å². The largest absolute Gasteiger partial charge is 0.497 e. The van der Waals surface area contributed by atoms with Gasteiger partial charge in [0.1, 0.15) is 24.5 Å². The van der Waals surface area contributed by atoms with E-state index in [1.165, 1.54) is 9.80 Å². The number of carbonyl (C=O) groups excluding carboxylic acids is 3. The summed E-state index contributed by atoms with van der Waals surface area (Å²) in [6, 6.07) is 19.3. The molecule has 4 rings (SSSR count). The SMILES string of the molecule is COc1ccc(N(C(=O)CN2C(=O)CC(=O)N(c3ccccn3)c3ccccc32)C(C)C)cc1. The number of hydrogen-bond donors (Lipinski definition) is 0. The van der Waals surface area contributed by atoms with Crippen molar-refractivity contribution in [2.45, 2.75) is 26.3 Å². The second-order valence-electron chi connectivity index (χ2n) is 8.12. The molecule has 0 bridgehead atoms. The molecule has 3 amide bonds. The third-order valence-corrected chi connectivity index (χ3v) is 5.57. The van der Waals surface area contributed by atoms with E-state index in [0.717, 1.165) is 0 Å². The van der Waals surface area contributed by atoms with Gasteiger partial charge in [-0.3, -0.25) is 19.3 Å². The normalized spacial score (nSPS) is 13.5. The fourth-order valence-electron chi connectivity index (χ4n) is 4.05. The molecule has 1 aromatic heterocycles. The summed E-state index contributed by atoms with van der Waals surface area (Å²) in [5.41, 5.74) is 1.68. The fraction of sp³-hybridized carbons (Fsp3) is 0.231. The van der Waals surface area contributed by atoms with E-state index in [0.29, 0.717) is 28.6 Å². The Bertz CT molecular complexity index is 1190. The lowest BCUT2D eigenvalue weighted by molar-refractivity contribution is -0.127. The first-order chi connectivity index (χ1) is 16.4. The summed E-state index contributed by atoms with van der Waals surface area (Å²) in [6.45, 7) is 3.61. The molecule has 0 N–H and O–H groups in total. The molecule has 174 valence electrons. The van der Waals surface area contributed by atoms with Crippen molar-refractivity contribution in [2.75, 3.05) is 28.4 Å². The van der Waals surface area contributed by atoms with E-state index in [9.17, 15) is 14.4 Å². The minimum atomic E-state index is -0.442. The van der Waals surface area contributed by atoms with Crippen LogP contribution in [0.2, 0.25) is 0 Å². The number of aromatic nitrogens is 1. The first kappa shape index (κ1) is 23.0. The van der Waals surface area contributed by atoms with Gasteiger partial charge in [0.15, 0.2) is 0 Å². The predicted octanol–water partition coefficient (Wildman–Crippen LogP) is 3.93. The van der Waals surface area contributed by atoms with Crippen molar-refractivity contribution in [1.29, 1.82) is 0 Å². The third kappa shape index (κ3) is 4.47. The van der Waals surface area contributed by atoms with Gasteiger partial charge in [-0.05, 0) is 62.4 Å². The zero-order chi connectivity index (χ0) is 24.2. The van der Waals surface area contributed by atoms with Crippen molar-refractivity contribution in [1.82, 2.24) is 4.98 Å². The molecule has 0 unspecified atom stereocenters. The van der Waals surface area contributed by atoms with Crippen LogP contribution < -0.4 is 19.4 Å². The van der Waals surface area contributed by atoms with Crippen molar-refractivity contribution >= 4 is 40.6 Å². The number of hydrogen-bond acceptors (Lipinski definition) is 5. The molecule has 1 aliphatic heterocycles. The van der Waals surface area contributed by atoms with Crippen molar-refractivity contribution in [3.63, 3.8) is 0 Å². The van der Waals surface area contributed by atoms with Gasteiger partial charge in [-0.2, -0.15) is 0 Å². The summed E-state index contributed by atoms with van der Waals surface area (Å²) in [5.74, 6) is -0.000637. The van der Waals surface area contributed by atoms with Crippen molar-refractivity contribution < 1.29 is 19.1 Å². The number of anilines is 4. The Hall–Kier alpha value is -4.20. The molecule has 2 aromatic carbocycles. The molecule has 0 saturated heterocycles. The summed E-state index contributed by atoms with van der Waals surface area (Å²) in [4.78, 5) is 48.5. The van der Waals surface area contributed by atoms with Crippen LogP contribution >= 0.6 is 0 Å². The number of fused-ring (bicyclic) bond motifs is 1.